The standard InChI is InChI=1S/C11H16N2O2/c1-3-7-13(2)10-8(11(14)15)5-4-6-9(10)12/h4-6H,3,7,12H2,1-2H3,(H,14,15). The minimum atomic E-state index is -0.944. The fraction of sp³-hybridized carbons (Fsp3) is 0.364. The largest absolute Gasteiger partial charge is 0.478 e. The molecule has 4 heteroatoms. The van der Waals surface area contributed by atoms with Crippen LogP contribution in [-0.4, -0.2) is 24.7 Å². The summed E-state index contributed by atoms with van der Waals surface area (Å²) >= 11 is 0. The van der Waals surface area contributed by atoms with Gasteiger partial charge in [-0.15, -0.1) is 0 Å². The molecule has 1 rings (SSSR count). The van der Waals surface area contributed by atoms with E-state index in [4.69, 9.17) is 10.8 Å². The second-order valence-corrected chi connectivity index (χ2v) is 3.47. The smallest absolute Gasteiger partial charge is 0.337 e. The van der Waals surface area contributed by atoms with Crippen LogP contribution in [0, 0.1) is 0 Å². The van der Waals surface area contributed by atoms with E-state index in [-0.39, 0.29) is 5.56 Å². The van der Waals surface area contributed by atoms with Gasteiger partial charge in [0, 0.05) is 13.6 Å². The number of carboxylic acids is 1. The number of aromatic carboxylic acids is 1. The topological polar surface area (TPSA) is 66.6 Å². The lowest BCUT2D eigenvalue weighted by molar-refractivity contribution is 0.0697. The number of carbonyl (C=O) groups is 1. The maximum Gasteiger partial charge on any atom is 0.337 e. The fourth-order valence-corrected chi connectivity index (χ4v) is 1.61. The van der Waals surface area contributed by atoms with Crippen LogP contribution in [0.2, 0.25) is 0 Å². The predicted octanol–water partition coefficient (Wildman–Crippen LogP) is 1.81. The van der Waals surface area contributed by atoms with E-state index in [0.29, 0.717) is 11.4 Å². The van der Waals surface area contributed by atoms with E-state index in [0.717, 1.165) is 13.0 Å². The van der Waals surface area contributed by atoms with Crippen molar-refractivity contribution in [2.45, 2.75) is 13.3 Å². The zero-order valence-electron chi connectivity index (χ0n) is 9.03. The molecule has 3 N–H and O–H groups in total. The molecule has 0 aliphatic carbocycles. The van der Waals surface area contributed by atoms with Crippen molar-refractivity contribution in [3.8, 4) is 0 Å². The number of hydrogen-bond donors (Lipinski definition) is 2. The number of anilines is 2. The first-order chi connectivity index (χ1) is 7.07. The lowest BCUT2D eigenvalue weighted by atomic mass is 10.1. The Morgan fingerprint density at radius 1 is 1.53 bits per heavy atom. The van der Waals surface area contributed by atoms with E-state index < -0.39 is 5.97 Å². The van der Waals surface area contributed by atoms with Crippen LogP contribution in [0.4, 0.5) is 11.4 Å². The molecule has 0 aliphatic heterocycles. The molecule has 0 aliphatic rings. The zero-order valence-corrected chi connectivity index (χ0v) is 9.03. The molecule has 4 nitrogen and oxygen atoms in total. The number of nitrogens with zero attached hydrogens (tertiary/aromatic N) is 1. The Labute approximate surface area is 89.3 Å². The third-order valence-corrected chi connectivity index (χ3v) is 2.24. The number of nitrogens with two attached hydrogens (primary N) is 1. The van der Waals surface area contributed by atoms with Crippen LogP contribution in [0.15, 0.2) is 18.2 Å². The monoisotopic (exact) mass is 208 g/mol. The Balaban J connectivity index is 3.18. The van der Waals surface area contributed by atoms with Crippen molar-refractivity contribution in [3.63, 3.8) is 0 Å². The predicted molar refractivity (Wildman–Crippen MR) is 61.4 cm³/mol. The number of carboxylic acid groups (broad SMARTS) is 1. The van der Waals surface area contributed by atoms with Gasteiger partial charge in [-0.25, -0.2) is 4.79 Å². The van der Waals surface area contributed by atoms with E-state index in [9.17, 15) is 4.79 Å². The highest BCUT2D eigenvalue weighted by atomic mass is 16.4. The zero-order chi connectivity index (χ0) is 11.4. The van der Waals surface area contributed by atoms with E-state index in [1.165, 1.54) is 0 Å². The molecule has 1 aromatic rings. The number of nitrogen functional groups attached to an aromatic ring is 1. The number of benzene rings is 1. The summed E-state index contributed by atoms with van der Waals surface area (Å²) in [6.07, 6.45) is 0.948. The molecule has 0 saturated heterocycles. The van der Waals surface area contributed by atoms with E-state index in [1.807, 2.05) is 18.9 Å². The van der Waals surface area contributed by atoms with Crippen LogP contribution in [-0.2, 0) is 0 Å². The van der Waals surface area contributed by atoms with Crippen LogP contribution >= 0.6 is 0 Å². The van der Waals surface area contributed by atoms with Gasteiger partial charge < -0.3 is 15.7 Å². The van der Waals surface area contributed by atoms with Crippen LogP contribution in [0.5, 0.6) is 0 Å². The molecule has 82 valence electrons. The summed E-state index contributed by atoms with van der Waals surface area (Å²) in [5.74, 6) is -0.944. The minimum absolute atomic E-state index is 0.256. The van der Waals surface area contributed by atoms with Crippen molar-refractivity contribution in [3.05, 3.63) is 23.8 Å². The van der Waals surface area contributed by atoms with Crippen molar-refractivity contribution < 1.29 is 9.90 Å². The molecule has 0 heterocycles. The molecule has 0 radical (unpaired) electrons. The van der Waals surface area contributed by atoms with Gasteiger partial charge in [0.15, 0.2) is 0 Å². The normalized spacial score (nSPS) is 10.0. The lowest BCUT2D eigenvalue weighted by Gasteiger charge is -2.22. The molecule has 0 bridgehead atoms. The molecule has 0 aromatic heterocycles. The quantitative estimate of drug-likeness (QED) is 0.740. The first-order valence-electron chi connectivity index (χ1n) is 4.90. The first kappa shape index (κ1) is 11.4. The molecule has 15 heavy (non-hydrogen) atoms. The molecule has 0 spiro atoms. The number of rotatable bonds is 4. The first-order valence-corrected chi connectivity index (χ1v) is 4.90. The lowest BCUT2D eigenvalue weighted by Crippen LogP contribution is -2.22. The van der Waals surface area contributed by atoms with Crippen molar-refractivity contribution >= 4 is 17.3 Å². The van der Waals surface area contributed by atoms with Gasteiger partial charge in [-0.1, -0.05) is 13.0 Å². The third kappa shape index (κ3) is 2.40. The summed E-state index contributed by atoms with van der Waals surface area (Å²) < 4.78 is 0. The van der Waals surface area contributed by atoms with Crippen LogP contribution in [0.1, 0.15) is 23.7 Å². The van der Waals surface area contributed by atoms with Crippen molar-refractivity contribution in [1.29, 1.82) is 0 Å². The summed E-state index contributed by atoms with van der Waals surface area (Å²) in [6.45, 7) is 2.82. The van der Waals surface area contributed by atoms with Gasteiger partial charge in [0.2, 0.25) is 0 Å². The average molecular weight is 208 g/mol. The van der Waals surface area contributed by atoms with E-state index in [2.05, 4.69) is 0 Å². The van der Waals surface area contributed by atoms with Gasteiger partial charge in [0.1, 0.15) is 0 Å². The maximum atomic E-state index is 11.0. The van der Waals surface area contributed by atoms with Crippen molar-refractivity contribution in [2.24, 2.45) is 0 Å². The molecule has 0 fully saturated rings. The molecule has 0 saturated carbocycles. The SMILES string of the molecule is CCCN(C)c1c(N)cccc1C(=O)O. The Bertz CT molecular complexity index is 364. The summed E-state index contributed by atoms with van der Waals surface area (Å²) in [5, 5.41) is 9.02. The highest BCUT2D eigenvalue weighted by Gasteiger charge is 2.15. The van der Waals surface area contributed by atoms with Crippen LogP contribution in [0.25, 0.3) is 0 Å². The summed E-state index contributed by atoms with van der Waals surface area (Å²) in [4.78, 5) is 12.9. The van der Waals surface area contributed by atoms with Crippen LogP contribution in [0.3, 0.4) is 0 Å². The van der Waals surface area contributed by atoms with Crippen LogP contribution < -0.4 is 10.6 Å². The van der Waals surface area contributed by atoms with Gasteiger partial charge in [-0.3, -0.25) is 0 Å². The molecule has 1 aromatic carbocycles. The highest BCUT2D eigenvalue weighted by Crippen LogP contribution is 2.26. The van der Waals surface area contributed by atoms with Gasteiger partial charge >= 0.3 is 5.97 Å². The second kappa shape index (κ2) is 4.68. The summed E-state index contributed by atoms with van der Waals surface area (Å²) in [5.41, 5.74) is 7.15. The van der Waals surface area contributed by atoms with Gasteiger partial charge in [0.25, 0.3) is 0 Å². The molecular formula is C11H16N2O2. The van der Waals surface area contributed by atoms with E-state index >= 15 is 0 Å². The fourth-order valence-electron chi connectivity index (χ4n) is 1.61. The van der Waals surface area contributed by atoms with E-state index in [1.54, 1.807) is 18.2 Å². The average Bonchev–Trinajstić information content (AvgIpc) is 2.17. The maximum absolute atomic E-state index is 11.0. The summed E-state index contributed by atoms with van der Waals surface area (Å²) in [7, 11) is 1.85. The third-order valence-electron chi connectivity index (χ3n) is 2.24. The number of hydrogen-bond acceptors (Lipinski definition) is 3. The number of para-hydroxylation sites is 1. The molecule has 0 unspecified atom stereocenters. The highest BCUT2D eigenvalue weighted by molar-refractivity contribution is 5.97. The van der Waals surface area contributed by atoms with Crippen molar-refractivity contribution in [2.75, 3.05) is 24.2 Å². The second-order valence-electron chi connectivity index (χ2n) is 3.47. The molecule has 0 atom stereocenters. The molecule has 0 amide bonds. The Kier molecular flexibility index (Phi) is 3.55. The Morgan fingerprint density at radius 2 is 2.20 bits per heavy atom. The van der Waals surface area contributed by atoms with Gasteiger partial charge in [-0.2, -0.15) is 0 Å². The Hall–Kier alpha value is -1.71. The van der Waals surface area contributed by atoms with Crippen molar-refractivity contribution in [1.82, 2.24) is 0 Å². The van der Waals surface area contributed by atoms with Gasteiger partial charge in [-0.05, 0) is 18.6 Å². The Morgan fingerprint density at radius 3 is 2.73 bits per heavy atom. The minimum Gasteiger partial charge on any atom is -0.478 e. The summed E-state index contributed by atoms with van der Waals surface area (Å²) in [6, 6.07) is 4.94. The van der Waals surface area contributed by atoms with Gasteiger partial charge in [0.05, 0.1) is 16.9 Å². The molecular weight excluding hydrogens is 192 g/mol.